The summed E-state index contributed by atoms with van der Waals surface area (Å²) < 4.78 is 0. The van der Waals surface area contributed by atoms with Crippen LogP contribution < -0.4 is 5.32 Å². The lowest BCUT2D eigenvalue weighted by atomic mass is 9.78. The molecule has 1 saturated heterocycles. The Morgan fingerprint density at radius 3 is 2.44 bits per heavy atom. The molecule has 1 fully saturated rings. The maximum Gasteiger partial charge on any atom is 0.0791 e. The normalized spacial score (nSPS) is 23.2. The maximum atomic E-state index is 9.82. The molecule has 1 aliphatic heterocycles. The van der Waals surface area contributed by atoms with E-state index in [1.54, 1.807) is 0 Å². The van der Waals surface area contributed by atoms with Crippen molar-refractivity contribution in [3.63, 3.8) is 0 Å². The van der Waals surface area contributed by atoms with Crippen LogP contribution in [0.5, 0.6) is 0 Å². The Balaban J connectivity index is 2.21. The highest BCUT2D eigenvalue weighted by Gasteiger charge is 2.28. The van der Waals surface area contributed by atoms with Gasteiger partial charge in [-0.1, -0.05) is 27.2 Å². The molecule has 0 radical (unpaired) electrons. The Morgan fingerprint density at radius 1 is 1.31 bits per heavy atom. The predicted octanol–water partition coefficient (Wildman–Crippen LogP) is 1.47. The summed E-state index contributed by atoms with van der Waals surface area (Å²) in [4.78, 5) is 2.40. The fraction of sp³-hybridized carbons (Fsp3) is 1.00. The van der Waals surface area contributed by atoms with Crippen LogP contribution in [0.2, 0.25) is 0 Å². The largest absolute Gasteiger partial charge is 0.390 e. The Bertz CT molecular complexity index is 188. The first kappa shape index (κ1) is 13.9. The van der Waals surface area contributed by atoms with Crippen LogP contribution in [0.25, 0.3) is 0 Å². The van der Waals surface area contributed by atoms with Gasteiger partial charge in [0.05, 0.1) is 6.10 Å². The van der Waals surface area contributed by atoms with Gasteiger partial charge in [-0.2, -0.15) is 0 Å². The number of likely N-dealkylation sites (tertiary alicyclic amines) is 1. The van der Waals surface area contributed by atoms with E-state index >= 15 is 0 Å². The molecule has 96 valence electrons. The molecule has 0 aromatic rings. The van der Waals surface area contributed by atoms with E-state index in [-0.39, 0.29) is 6.10 Å². The summed E-state index contributed by atoms with van der Waals surface area (Å²) >= 11 is 0. The maximum absolute atomic E-state index is 9.82. The third kappa shape index (κ3) is 4.40. The second kappa shape index (κ2) is 6.58. The molecule has 1 aliphatic rings. The molecule has 3 nitrogen and oxygen atoms in total. The second-order valence-electron chi connectivity index (χ2n) is 5.43. The molecule has 2 N–H and O–H groups in total. The van der Waals surface area contributed by atoms with Gasteiger partial charge in [-0.15, -0.1) is 0 Å². The van der Waals surface area contributed by atoms with Crippen LogP contribution in [0.3, 0.4) is 0 Å². The third-order valence-corrected chi connectivity index (χ3v) is 4.02. The van der Waals surface area contributed by atoms with Crippen molar-refractivity contribution in [3.05, 3.63) is 0 Å². The van der Waals surface area contributed by atoms with Crippen LogP contribution in [0, 0.1) is 5.41 Å². The van der Waals surface area contributed by atoms with Gasteiger partial charge >= 0.3 is 0 Å². The minimum atomic E-state index is -0.217. The van der Waals surface area contributed by atoms with Crippen molar-refractivity contribution in [1.82, 2.24) is 10.2 Å². The first-order chi connectivity index (χ1) is 7.59. The zero-order valence-corrected chi connectivity index (χ0v) is 11.1. The first-order valence-corrected chi connectivity index (χ1v) is 6.71. The minimum Gasteiger partial charge on any atom is -0.390 e. The van der Waals surface area contributed by atoms with Gasteiger partial charge < -0.3 is 15.3 Å². The fourth-order valence-corrected chi connectivity index (χ4v) is 2.30. The fourth-order valence-electron chi connectivity index (χ4n) is 2.30. The SMILES string of the molecule is CCNCC(O)CN1CCC(C)(CC)CC1. The van der Waals surface area contributed by atoms with Crippen LogP contribution in [0.15, 0.2) is 0 Å². The van der Waals surface area contributed by atoms with Crippen molar-refractivity contribution >= 4 is 0 Å². The number of nitrogens with one attached hydrogen (secondary N) is 1. The van der Waals surface area contributed by atoms with Crippen molar-refractivity contribution in [1.29, 1.82) is 0 Å². The summed E-state index contributed by atoms with van der Waals surface area (Å²) in [6.07, 6.45) is 3.61. The van der Waals surface area contributed by atoms with Crippen LogP contribution in [-0.4, -0.2) is 48.8 Å². The van der Waals surface area contributed by atoms with Gasteiger partial charge in [0.25, 0.3) is 0 Å². The van der Waals surface area contributed by atoms with Crippen molar-refractivity contribution in [2.75, 3.05) is 32.7 Å². The van der Waals surface area contributed by atoms with E-state index < -0.39 is 0 Å². The summed E-state index contributed by atoms with van der Waals surface area (Å²) in [7, 11) is 0. The smallest absolute Gasteiger partial charge is 0.0791 e. The molecule has 1 rings (SSSR count). The predicted molar refractivity (Wildman–Crippen MR) is 68.6 cm³/mol. The Labute approximate surface area is 100 Å². The van der Waals surface area contributed by atoms with Crippen LogP contribution in [-0.2, 0) is 0 Å². The average Bonchev–Trinajstić information content (AvgIpc) is 2.30. The van der Waals surface area contributed by atoms with E-state index in [9.17, 15) is 5.11 Å². The van der Waals surface area contributed by atoms with E-state index in [2.05, 4.69) is 31.0 Å². The minimum absolute atomic E-state index is 0.217. The molecule has 1 atom stereocenters. The van der Waals surface area contributed by atoms with Crippen molar-refractivity contribution < 1.29 is 5.11 Å². The number of nitrogens with zero attached hydrogens (tertiary/aromatic N) is 1. The van der Waals surface area contributed by atoms with Gasteiger partial charge in [-0.05, 0) is 37.9 Å². The number of aliphatic hydroxyl groups is 1. The topological polar surface area (TPSA) is 35.5 Å². The standard InChI is InChI=1S/C13H28N2O/c1-4-13(3)6-8-15(9-7-13)11-12(16)10-14-5-2/h12,14,16H,4-11H2,1-3H3. The molecule has 0 amide bonds. The highest BCUT2D eigenvalue weighted by Crippen LogP contribution is 2.33. The number of β-amino-alcohol motifs (C(OH)–C–C–N with tert-alkyl or cyclic N) is 1. The van der Waals surface area contributed by atoms with Gasteiger partial charge in [-0.25, -0.2) is 0 Å². The molecule has 0 saturated carbocycles. The van der Waals surface area contributed by atoms with E-state index in [1.807, 2.05) is 0 Å². The summed E-state index contributed by atoms with van der Waals surface area (Å²) in [5, 5.41) is 13.0. The zero-order chi connectivity index (χ0) is 12.0. The number of hydrogen-bond acceptors (Lipinski definition) is 3. The summed E-state index contributed by atoms with van der Waals surface area (Å²) in [6.45, 7) is 11.5. The zero-order valence-electron chi connectivity index (χ0n) is 11.1. The lowest BCUT2D eigenvalue weighted by Crippen LogP contribution is -2.44. The monoisotopic (exact) mass is 228 g/mol. The molecule has 0 aliphatic carbocycles. The first-order valence-electron chi connectivity index (χ1n) is 6.71. The molecule has 0 spiro atoms. The van der Waals surface area contributed by atoms with Crippen molar-refractivity contribution in [2.24, 2.45) is 5.41 Å². The summed E-state index contributed by atoms with van der Waals surface area (Å²) in [6, 6.07) is 0. The average molecular weight is 228 g/mol. The quantitative estimate of drug-likeness (QED) is 0.722. The van der Waals surface area contributed by atoms with Gasteiger partial charge in [0, 0.05) is 13.1 Å². The van der Waals surface area contributed by atoms with Crippen molar-refractivity contribution in [2.45, 2.75) is 46.1 Å². The molecule has 1 unspecified atom stereocenters. The number of aliphatic hydroxyl groups excluding tert-OH is 1. The third-order valence-electron chi connectivity index (χ3n) is 4.02. The van der Waals surface area contributed by atoms with Gasteiger partial charge in [0.15, 0.2) is 0 Å². The van der Waals surface area contributed by atoms with Gasteiger partial charge in [0.2, 0.25) is 0 Å². The highest BCUT2D eigenvalue weighted by molar-refractivity contribution is 4.82. The van der Waals surface area contributed by atoms with E-state index in [4.69, 9.17) is 0 Å². The van der Waals surface area contributed by atoms with Crippen LogP contribution in [0.4, 0.5) is 0 Å². The Morgan fingerprint density at radius 2 is 1.94 bits per heavy atom. The summed E-state index contributed by atoms with van der Waals surface area (Å²) in [5.74, 6) is 0. The molecular formula is C13H28N2O. The van der Waals surface area contributed by atoms with E-state index in [1.165, 1.54) is 19.3 Å². The van der Waals surface area contributed by atoms with E-state index in [0.717, 1.165) is 32.7 Å². The summed E-state index contributed by atoms with van der Waals surface area (Å²) in [5.41, 5.74) is 0.545. The molecular weight excluding hydrogens is 200 g/mol. The van der Waals surface area contributed by atoms with E-state index in [0.29, 0.717) is 5.41 Å². The molecule has 3 heteroatoms. The lowest BCUT2D eigenvalue weighted by molar-refractivity contribution is 0.0630. The molecule has 0 aromatic carbocycles. The van der Waals surface area contributed by atoms with Crippen LogP contribution >= 0.6 is 0 Å². The molecule has 0 aromatic heterocycles. The number of rotatable bonds is 6. The molecule has 1 heterocycles. The van der Waals surface area contributed by atoms with Crippen LogP contribution in [0.1, 0.15) is 40.0 Å². The number of likely N-dealkylation sites (N-methyl/N-ethyl adjacent to an activating group) is 1. The molecule has 16 heavy (non-hydrogen) atoms. The van der Waals surface area contributed by atoms with Crippen molar-refractivity contribution in [3.8, 4) is 0 Å². The number of hydrogen-bond donors (Lipinski definition) is 2. The number of piperidine rings is 1. The Kier molecular flexibility index (Phi) is 5.73. The highest BCUT2D eigenvalue weighted by atomic mass is 16.3. The second-order valence-corrected chi connectivity index (χ2v) is 5.43. The Hall–Kier alpha value is -0.120. The lowest BCUT2D eigenvalue weighted by Gasteiger charge is -2.39. The molecule has 0 bridgehead atoms. The van der Waals surface area contributed by atoms with Gasteiger partial charge in [-0.3, -0.25) is 0 Å². The van der Waals surface area contributed by atoms with Gasteiger partial charge in [0.1, 0.15) is 0 Å².